The molecule has 1 atom stereocenters. The van der Waals surface area contributed by atoms with Crippen molar-refractivity contribution in [1.82, 2.24) is 0 Å². The van der Waals surface area contributed by atoms with E-state index in [0.29, 0.717) is 19.7 Å². The number of fused-ring (bicyclic) bond motifs is 1. The minimum atomic E-state index is -0.813. The highest BCUT2D eigenvalue weighted by Crippen LogP contribution is 2.30. The molecule has 1 aliphatic rings. The number of carbonyl (C=O) groups is 1. The van der Waals surface area contributed by atoms with Crippen LogP contribution in [0.1, 0.15) is 16.7 Å². The van der Waals surface area contributed by atoms with Gasteiger partial charge in [0.2, 0.25) is 0 Å². The number of anilines is 2. The zero-order valence-electron chi connectivity index (χ0n) is 22.7. The fourth-order valence-corrected chi connectivity index (χ4v) is 5.30. The largest absolute Gasteiger partial charge is 0.480 e. The van der Waals surface area contributed by atoms with Crippen molar-refractivity contribution < 1.29 is 19.2 Å². The van der Waals surface area contributed by atoms with Gasteiger partial charge in [0.1, 0.15) is 11.8 Å². The van der Waals surface area contributed by atoms with Crippen LogP contribution in [-0.2, 0) is 24.3 Å². The summed E-state index contributed by atoms with van der Waals surface area (Å²) in [6.45, 7) is 1.64. The minimum absolute atomic E-state index is 0.295. The minimum Gasteiger partial charge on any atom is -0.480 e. The van der Waals surface area contributed by atoms with E-state index >= 15 is 0 Å². The number of aromatic nitrogens is 1. The summed E-state index contributed by atoms with van der Waals surface area (Å²) in [7, 11) is 0. The number of carboxylic acid groups (broad SMARTS) is 1. The summed E-state index contributed by atoms with van der Waals surface area (Å²) in [4.78, 5) is 14.0. The Labute approximate surface area is 240 Å². The summed E-state index contributed by atoms with van der Waals surface area (Å²) >= 11 is 0. The molecule has 0 radical (unpaired) electrons. The number of rotatable bonds is 9. The van der Waals surface area contributed by atoms with Crippen molar-refractivity contribution in [3.05, 3.63) is 144 Å². The molecule has 204 valence electrons. The topological polar surface area (TPSA) is 65.7 Å². The van der Waals surface area contributed by atoms with Gasteiger partial charge in [-0.2, -0.15) is 0 Å². The standard InChI is InChI=1S/C35H31N3O3/c39-35(40)34-21-29-9-4-5-10-30(29)24-38(34)32-12-6-11-31(22-32)36-25-41-33-15-13-26(14-16-33)23-37-19-17-28(18-20-37)27-7-2-1-3-8-27/h1-20,22,34,36H,21,23-25H2/p+1. The van der Waals surface area contributed by atoms with Gasteiger partial charge in [-0.3, -0.25) is 0 Å². The van der Waals surface area contributed by atoms with Crippen molar-refractivity contribution in [2.75, 3.05) is 16.9 Å². The SMILES string of the molecule is O=C(O)C1Cc2ccccc2CN1c1cccc(NCOc2ccc(C[n+]3ccc(-c4ccccc4)cc3)cc2)c1. The van der Waals surface area contributed by atoms with Gasteiger partial charge in [0.15, 0.2) is 25.7 Å². The number of ether oxygens (including phenoxy) is 1. The Hall–Kier alpha value is -5.10. The third-order valence-electron chi connectivity index (χ3n) is 7.51. The van der Waals surface area contributed by atoms with Crippen LogP contribution in [-0.4, -0.2) is 23.8 Å². The van der Waals surface area contributed by atoms with Gasteiger partial charge in [0.25, 0.3) is 0 Å². The van der Waals surface area contributed by atoms with Crippen LogP contribution < -0.4 is 19.5 Å². The average Bonchev–Trinajstić information content (AvgIpc) is 3.02. The van der Waals surface area contributed by atoms with E-state index in [0.717, 1.165) is 34.8 Å². The molecule has 2 heterocycles. The van der Waals surface area contributed by atoms with Gasteiger partial charge in [-0.15, -0.1) is 0 Å². The fourth-order valence-electron chi connectivity index (χ4n) is 5.30. The highest BCUT2D eigenvalue weighted by Gasteiger charge is 2.31. The summed E-state index contributed by atoms with van der Waals surface area (Å²) in [5.41, 5.74) is 7.61. The van der Waals surface area contributed by atoms with Crippen LogP contribution in [0.4, 0.5) is 11.4 Å². The van der Waals surface area contributed by atoms with E-state index in [4.69, 9.17) is 4.74 Å². The second-order valence-electron chi connectivity index (χ2n) is 10.2. The van der Waals surface area contributed by atoms with Crippen LogP contribution in [0.15, 0.2) is 128 Å². The van der Waals surface area contributed by atoms with Gasteiger partial charge in [-0.25, -0.2) is 9.36 Å². The second kappa shape index (κ2) is 12.0. The molecule has 1 unspecified atom stereocenters. The molecule has 5 aromatic rings. The number of aliphatic carboxylic acids is 1. The second-order valence-corrected chi connectivity index (χ2v) is 10.2. The summed E-state index contributed by atoms with van der Waals surface area (Å²) in [6.07, 6.45) is 4.69. The normalized spacial score (nSPS) is 14.2. The van der Waals surface area contributed by atoms with Crippen LogP contribution in [0, 0.1) is 0 Å². The van der Waals surface area contributed by atoms with Crippen molar-refractivity contribution in [2.45, 2.75) is 25.6 Å². The summed E-state index contributed by atoms with van der Waals surface area (Å²) in [6, 6.07) is 38.1. The van der Waals surface area contributed by atoms with E-state index in [1.165, 1.54) is 16.7 Å². The summed E-state index contributed by atoms with van der Waals surface area (Å²) < 4.78 is 8.10. The number of nitrogens with one attached hydrogen (secondary N) is 1. The van der Waals surface area contributed by atoms with E-state index < -0.39 is 12.0 Å². The van der Waals surface area contributed by atoms with Gasteiger partial charge in [0.05, 0.1) is 0 Å². The molecule has 6 nitrogen and oxygen atoms in total. The van der Waals surface area contributed by atoms with E-state index in [9.17, 15) is 9.90 Å². The maximum atomic E-state index is 12.1. The lowest BCUT2D eigenvalue weighted by Gasteiger charge is -2.36. The number of pyridine rings is 1. The van der Waals surface area contributed by atoms with Crippen molar-refractivity contribution in [3.8, 4) is 16.9 Å². The number of hydrogen-bond donors (Lipinski definition) is 2. The maximum Gasteiger partial charge on any atom is 0.326 e. The molecule has 0 fully saturated rings. The Kier molecular flexibility index (Phi) is 7.63. The Morgan fingerprint density at radius 2 is 1.54 bits per heavy atom. The molecule has 6 heteroatoms. The third kappa shape index (κ3) is 6.23. The van der Waals surface area contributed by atoms with Gasteiger partial charge in [-0.05, 0) is 64.7 Å². The maximum absolute atomic E-state index is 12.1. The Morgan fingerprint density at radius 3 is 2.29 bits per heavy atom. The quantitative estimate of drug-likeness (QED) is 0.173. The molecular weight excluding hydrogens is 510 g/mol. The molecule has 0 bridgehead atoms. The molecule has 0 amide bonds. The van der Waals surface area contributed by atoms with E-state index in [1.807, 2.05) is 65.6 Å². The zero-order chi connectivity index (χ0) is 28.0. The molecule has 2 N–H and O–H groups in total. The van der Waals surface area contributed by atoms with Crippen LogP contribution in [0.2, 0.25) is 0 Å². The zero-order valence-corrected chi connectivity index (χ0v) is 22.7. The molecule has 1 aliphatic heterocycles. The first-order valence-corrected chi connectivity index (χ1v) is 13.8. The number of benzene rings is 4. The number of hydrogen-bond acceptors (Lipinski definition) is 4. The number of carboxylic acids is 1. The van der Waals surface area contributed by atoms with Gasteiger partial charge in [-0.1, -0.05) is 60.7 Å². The first kappa shape index (κ1) is 26.1. The Bertz CT molecular complexity index is 1620. The van der Waals surface area contributed by atoms with Gasteiger partial charge >= 0.3 is 5.97 Å². The van der Waals surface area contributed by atoms with Crippen molar-refractivity contribution in [2.24, 2.45) is 0 Å². The Balaban J connectivity index is 1.04. The van der Waals surface area contributed by atoms with Gasteiger partial charge < -0.3 is 20.1 Å². The molecular formula is C35H32N3O3+. The highest BCUT2D eigenvalue weighted by molar-refractivity contribution is 5.80. The van der Waals surface area contributed by atoms with E-state index in [-0.39, 0.29) is 0 Å². The lowest BCUT2D eigenvalue weighted by atomic mass is 9.93. The van der Waals surface area contributed by atoms with Crippen molar-refractivity contribution >= 4 is 17.3 Å². The predicted molar refractivity (Wildman–Crippen MR) is 161 cm³/mol. The molecule has 0 aliphatic carbocycles. The Morgan fingerprint density at radius 1 is 0.829 bits per heavy atom. The monoisotopic (exact) mass is 542 g/mol. The first-order valence-electron chi connectivity index (χ1n) is 13.8. The molecule has 1 aromatic heterocycles. The van der Waals surface area contributed by atoms with Crippen molar-refractivity contribution in [1.29, 1.82) is 0 Å². The highest BCUT2D eigenvalue weighted by atomic mass is 16.5. The fraction of sp³-hybridized carbons (Fsp3) is 0.143. The van der Waals surface area contributed by atoms with Crippen LogP contribution >= 0.6 is 0 Å². The van der Waals surface area contributed by atoms with Gasteiger partial charge in [0, 0.05) is 42.0 Å². The van der Waals surface area contributed by atoms with Crippen molar-refractivity contribution in [3.63, 3.8) is 0 Å². The van der Waals surface area contributed by atoms with Crippen LogP contribution in [0.5, 0.6) is 5.75 Å². The molecule has 0 spiro atoms. The van der Waals surface area contributed by atoms with E-state index in [2.05, 4.69) is 76.9 Å². The number of nitrogens with zero attached hydrogens (tertiary/aromatic N) is 2. The first-order chi connectivity index (χ1) is 20.1. The van der Waals surface area contributed by atoms with Crippen LogP contribution in [0.25, 0.3) is 11.1 Å². The summed E-state index contributed by atoms with van der Waals surface area (Å²) in [5, 5.41) is 13.2. The molecule has 4 aromatic carbocycles. The third-order valence-corrected chi connectivity index (χ3v) is 7.51. The lowest BCUT2D eigenvalue weighted by molar-refractivity contribution is -0.688. The summed E-state index contributed by atoms with van der Waals surface area (Å²) in [5.74, 6) is -0.0346. The molecule has 0 saturated carbocycles. The molecule has 6 rings (SSSR count). The van der Waals surface area contributed by atoms with Crippen LogP contribution in [0.3, 0.4) is 0 Å². The average molecular weight is 543 g/mol. The van der Waals surface area contributed by atoms with E-state index in [1.54, 1.807) is 0 Å². The lowest BCUT2D eigenvalue weighted by Crippen LogP contribution is -2.45. The predicted octanol–water partition coefficient (Wildman–Crippen LogP) is 6.15. The molecule has 41 heavy (non-hydrogen) atoms. The molecule has 0 saturated heterocycles. The smallest absolute Gasteiger partial charge is 0.326 e.